The lowest BCUT2D eigenvalue weighted by molar-refractivity contribution is 0.101. The number of hydrogen-bond acceptors (Lipinski definition) is 4. The van der Waals surface area contributed by atoms with E-state index in [2.05, 4.69) is 41.8 Å². The van der Waals surface area contributed by atoms with Crippen LogP contribution in [-0.2, 0) is 0 Å². The van der Waals surface area contributed by atoms with Gasteiger partial charge in [-0.15, -0.1) is 0 Å². The summed E-state index contributed by atoms with van der Waals surface area (Å²) < 4.78 is 28.3. The standard InChI is InChI=1S/C18H15BrFNO.C18H13BrFNO/c2*1-10-17(11(2)22)18(12-3-6-14(20)7-4-12)15-9-13(19)5-8-16(15)21-10/h3-9,11,22H,1-2H3;3-9H,1-2H3. The van der Waals surface area contributed by atoms with Crippen LogP contribution in [-0.4, -0.2) is 20.9 Å². The van der Waals surface area contributed by atoms with Crippen LogP contribution < -0.4 is 0 Å². The Bertz CT molecular complexity index is 2030. The number of ketones is 1. The van der Waals surface area contributed by atoms with Gasteiger partial charge in [0.1, 0.15) is 11.6 Å². The minimum absolute atomic E-state index is 0.0498. The predicted molar refractivity (Wildman–Crippen MR) is 180 cm³/mol. The first-order valence-corrected chi connectivity index (χ1v) is 15.4. The summed E-state index contributed by atoms with van der Waals surface area (Å²) >= 11 is 6.94. The fourth-order valence-corrected chi connectivity index (χ4v) is 6.24. The molecule has 1 N–H and O–H groups in total. The largest absolute Gasteiger partial charge is 0.389 e. The number of aromatic nitrogens is 2. The highest BCUT2D eigenvalue weighted by Gasteiger charge is 2.19. The highest BCUT2D eigenvalue weighted by molar-refractivity contribution is 9.10. The number of fused-ring (bicyclic) bond motifs is 2. The Kier molecular flexibility index (Phi) is 9.34. The number of aliphatic hydroxyl groups is 1. The molecule has 2 aromatic heterocycles. The topological polar surface area (TPSA) is 63.1 Å². The van der Waals surface area contributed by atoms with E-state index in [1.807, 2.05) is 50.2 Å². The van der Waals surface area contributed by atoms with Crippen molar-refractivity contribution in [3.8, 4) is 22.3 Å². The lowest BCUT2D eigenvalue weighted by Crippen LogP contribution is -2.03. The zero-order valence-corrected chi connectivity index (χ0v) is 27.6. The number of aryl methyl sites for hydroxylation is 2. The molecule has 0 fully saturated rings. The van der Waals surface area contributed by atoms with Gasteiger partial charge in [-0.1, -0.05) is 56.1 Å². The second-order valence-corrected chi connectivity index (χ2v) is 12.3. The van der Waals surface area contributed by atoms with Gasteiger partial charge in [-0.3, -0.25) is 14.8 Å². The monoisotopic (exact) mass is 716 g/mol. The Labute approximate surface area is 271 Å². The van der Waals surface area contributed by atoms with Gasteiger partial charge < -0.3 is 5.11 Å². The van der Waals surface area contributed by atoms with Crippen molar-refractivity contribution >= 4 is 59.4 Å². The second-order valence-electron chi connectivity index (χ2n) is 10.5. The van der Waals surface area contributed by atoms with E-state index < -0.39 is 6.10 Å². The van der Waals surface area contributed by atoms with E-state index in [0.29, 0.717) is 11.3 Å². The molecule has 4 nitrogen and oxygen atoms in total. The second kappa shape index (κ2) is 13.0. The molecule has 0 spiro atoms. The predicted octanol–water partition coefficient (Wildman–Crippen LogP) is 10.5. The number of Topliss-reactive ketones (excluding diaryl/α,β-unsaturated/α-hetero) is 1. The fraction of sp³-hybridized carbons (Fsp3) is 0.139. The van der Waals surface area contributed by atoms with Gasteiger partial charge in [0.25, 0.3) is 0 Å². The number of rotatable bonds is 4. The van der Waals surface area contributed by atoms with Crippen molar-refractivity contribution in [1.82, 2.24) is 9.97 Å². The lowest BCUT2D eigenvalue weighted by atomic mass is 9.92. The molecule has 0 saturated heterocycles. The molecule has 0 radical (unpaired) electrons. The van der Waals surface area contributed by atoms with Crippen molar-refractivity contribution in [3.63, 3.8) is 0 Å². The minimum atomic E-state index is -0.657. The smallest absolute Gasteiger partial charge is 0.162 e. The van der Waals surface area contributed by atoms with Gasteiger partial charge >= 0.3 is 0 Å². The van der Waals surface area contributed by atoms with E-state index >= 15 is 0 Å². The Morgan fingerprint density at radius 1 is 0.705 bits per heavy atom. The summed E-state index contributed by atoms with van der Waals surface area (Å²) in [6.45, 7) is 6.96. The molecule has 6 rings (SSSR count). The van der Waals surface area contributed by atoms with Gasteiger partial charge in [0.2, 0.25) is 0 Å². The molecule has 0 saturated carbocycles. The molecule has 222 valence electrons. The van der Waals surface area contributed by atoms with Gasteiger partial charge in [-0.25, -0.2) is 8.78 Å². The summed E-state index contributed by atoms with van der Waals surface area (Å²) in [5, 5.41) is 12.0. The van der Waals surface area contributed by atoms with E-state index in [0.717, 1.165) is 64.3 Å². The van der Waals surface area contributed by atoms with Gasteiger partial charge in [-0.2, -0.15) is 0 Å². The van der Waals surface area contributed by atoms with E-state index in [1.165, 1.54) is 31.2 Å². The van der Waals surface area contributed by atoms with Crippen molar-refractivity contribution in [3.05, 3.63) is 128 Å². The van der Waals surface area contributed by atoms with Crippen molar-refractivity contribution in [1.29, 1.82) is 0 Å². The third kappa shape index (κ3) is 6.48. The number of carbonyl (C=O) groups is 1. The van der Waals surface area contributed by atoms with Crippen molar-refractivity contribution < 1.29 is 18.7 Å². The Balaban J connectivity index is 0.000000175. The van der Waals surface area contributed by atoms with Crippen molar-refractivity contribution in [2.75, 3.05) is 0 Å². The normalized spacial score (nSPS) is 11.8. The Morgan fingerprint density at radius 2 is 1.14 bits per heavy atom. The van der Waals surface area contributed by atoms with Crippen LogP contribution in [0.1, 0.15) is 47.3 Å². The quantitative estimate of drug-likeness (QED) is 0.184. The fourth-order valence-electron chi connectivity index (χ4n) is 5.52. The maximum atomic E-state index is 13.2. The average Bonchev–Trinajstić information content (AvgIpc) is 2.97. The lowest BCUT2D eigenvalue weighted by Gasteiger charge is -2.18. The number of aliphatic hydroxyl groups excluding tert-OH is 1. The zero-order chi connectivity index (χ0) is 31.7. The number of carbonyl (C=O) groups excluding carboxylic acids is 1. The summed E-state index contributed by atoms with van der Waals surface area (Å²) in [6, 6.07) is 24.1. The SMILES string of the molecule is CC(=O)c1c(C)nc2ccc(Br)cc2c1-c1ccc(F)cc1.Cc1nc2ccc(Br)cc2c(-c2ccc(F)cc2)c1C(C)O. The van der Waals surface area contributed by atoms with Crippen LogP contribution in [0.25, 0.3) is 44.1 Å². The van der Waals surface area contributed by atoms with Crippen molar-refractivity contribution in [2.24, 2.45) is 0 Å². The highest BCUT2D eigenvalue weighted by atomic mass is 79.9. The molecule has 1 atom stereocenters. The number of benzene rings is 4. The van der Waals surface area contributed by atoms with E-state index in [4.69, 9.17) is 0 Å². The molecule has 0 aliphatic rings. The molecule has 6 aromatic rings. The summed E-state index contributed by atoms with van der Waals surface area (Å²) in [6.07, 6.45) is -0.657. The number of halogens is 4. The molecule has 4 aromatic carbocycles. The molecular weight excluding hydrogens is 690 g/mol. The molecular formula is C36H28Br2F2N2O2. The number of pyridine rings is 2. The summed E-state index contributed by atoms with van der Waals surface area (Å²) in [5.41, 5.74) is 7.86. The van der Waals surface area contributed by atoms with E-state index in [-0.39, 0.29) is 17.4 Å². The molecule has 44 heavy (non-hydrogen) atoms. The Hall–Kier alpha value is -3.85. The van der Waals surface area contributed by atoms with Crippen LogP contribution in [0.3, 0.4) is 0 Å². The highest BCUT2D eigenvalue weighted by Crippen LogP contribution is 2.38. The molecule has 8 heteroatoms. The van der Waals surface area contributed by atoms with Gasteiger partial charge in [0.15, 0.2) is 5.78 Å². The van der Waals surface area contributed by atoms with Crippen LogP contribution in [0, 0.1) is 25.5 Å². The van der Waals surface area contributed by atoms with Crippen LogP contribution in [0.5, 0.6) is 0 Å². The number of hydrogen-bond donors (Lipinski definition) is 1. The molecule has 0 aliphatic carbocycles. The van der Waals surface area contributed by atoms with Crippen LogP contribution in [0.15, 0.2) is 93.9 Å². The first-order chi connectivity index (χ1) is 20.9. The molecule has 2 heterocycles. The molecule has 0 bridgehead atoms. The summed E-state index contributed by atoms with van der Waals surface area (Å²) in [4.78, 5) is 21.2. The third-order valence-electron chi connectivity index (χ3n) is 7.34. The maximum absolute atomic E-state index is 13.2. The first-order valence-electron chi connectivity index (χ1n) is 13.8. The minimum Gasteiger partial charge on any atom is -0.389 e. The average molecular weight is 718 g/mol. The van der Waals surface area contributed by atoms with Crippen molar-refractivity contribution in [2.45, 2.75) is 33.8 Å². The Morgan fingerprint density at radius 3 is 1.59 bits per heavy atom. The maximum Gasteiger partial charge on any atom is 0.162 e. The molecule has 0 amide bonds. The van der Waals surface area contributed by atoms with Gasteiger partial charge in [0.05, 0.1) is 17.1 Å². The van der Waals surface area contributed by atoms with Gasteiger partial charge in [0, 0.05) is 47.8 Å². The van der Waals surface area contributed by atoms with Crippen LogP contribution >= 0.6 is 31.9 Å². The third-order valence-corrected chi connectivity index (χ3v) is 8.33. The van der Waals surface area contributed by atoms with Crippen LogP contribution in [0.2, 0.25) is 0 Å². The first kappa shape index (κ1) is 31.6. The molecule has 0 aliphatic heterocycles. The summed E-state index contributed by atoms with van der Waals surface area (Å²) in [7, 11) is 0. The number of nitrogens with zero attached hydrogens (tertiary/aromatic N) is 2. The van der Waals surface area contributed by atoms with Crippen LogP contribution in [0.4, 0.5) is 8.78 Å². The molecule has 1 unspecified atom stereocenters. The van der Waals surface area contributed by atoms with E-state index in [1.54, 1.807) is 31.2 Å². The zero-order valence-electron chi connectivity index (χ0n) is 24.4. The van der Waals surface area contributed by atoms with E-state index in [9.17, 15) is 18.7 Å². The van der Waals surface area contributed by atoms with Gasteiger partial charge in [-0.05, 0) is 105 Å². The summed E-state index contributed by atoms with van der Waals surface area (Å²) in [5.74, 6) is -0.630.